The Balaban J connectivity index is 2.60. The molecule has 1 heterocycles. The Labute approximate surface area is 121 Å². The molecule has 0 atom stereocenters. The fourth-order valence-corrected chi connectivity index (χ4v) is 1.49. The van der Waals surface area contributed by atoms with E-state index >= 15 is 0 Å². The van der Waals surface area contributed by atoms with Crippen LogP contribution >= 0.6 is 0 Å². The zero-order chi connectivity index (χ0) is 15.8. The van der Waals surface area contributed by atoms with Crippen LogP contribution in [0.15, 0.2) is 6.33 Å². The van der Waals surface area contributed by atoms with Crippen LogP contribution in [0.5, 0.6) is 0 Å². The minimum absolute atomic E-state index is 0.0135. The van der Waals surface area contributed by atoms with Crippen molar-refractivity contribution in [2.45, 2.75) is 20.3 Å². The molecule has 0 saturated heterocycles. The second kappa shape index (κ2) is 7.94. The zero-order valence-corrected chi connectivity index (χ0v) is 11.9. The number of nitro groups is 1. The highest BCUT2D eigenvalue weighted by molar-refractivity contribution is 5.76. The van der Waals surface area contributed by atoms with Crippen LogP contribution in [-0.4, -0.2) is 33.9 Å². The molecule has 0 aliphatic rings. The molecule has 0 aliphatic carbocycles. The topological polar surface area (TPSA) is 148 Å². The summed E-state index contributed by atoms with van der Waals surface area (Å²) in [6.07, 6.45) is 1.32. The number of anilines is 2. The lowest BCUT2D eigenvalue weighted by atomic mass is 10.2. The van der Waals surface area contributed by atoms with Crippen LogP contribution in [0, 0.1) is 16.0 Å². The monoisotopic (exact) mass is 297 g/mol. The fraction of sp³-hybridized carbons (Fsp3) is 0.545. The SMILES string of the molecule is CC(C)CNC(=O)CCNc1ncnc(NN)c1[N+](=O)[O-]. The van der Waals surface area contributed by atoms with Crippen LogP contribution < -0.4 is 21.9 Å². The van der Waals surface area contributed by atoms with Crippen LogP contribution in [0.2, 0.25) is 0 Å². The largest absolute Gasteiger partial charge is 0.364 e. The number of nitrogens with two attached hydrogens (primary N) is 1. The molecule has 0 fully saturated rings. The molecule has 5 N–H and O–H groups in total. The van der Waals surface area contributed by atoms with Crippen molar-refractivity contribution in [1.82, 2.24) is 15.3 Å². The number of hydrazine groups is 1. The maximum absolute atomic E-state index is 11.5. The summed E-state index contributed by atoms with van der Waals surface area (Å²) in [6.45, 7) is 4.79. The average molecular weight is 297 g/mol. The van der Waals surface area contributed by atoms with Gasteiger partial charge in [-0.1, -0.05) is 13.8 Å². The summed E-state index contributed by atoms with van der Waals surface area (Å²) in [5.74, 6) is 5.31. The van der Waals surface area contributed by atoms with Crippen molar-refractivity contribution < 1.29 is 9.72 Å². The van der Waals surface area contributed by atoms with Crippen molar-refractivity contribution in [3.63, 3.8) is 0 Å². The number of carbonyl (C=O) groups is 1. The third-order valence-corrected chi connectivity index (χ3v) is 2.49. The van der Waals surface area contributed by atoms with Crippen molar-refractivity contribution in [2.24, 2.45) is 11.8 Å². The molecular formula is C11H19N7O3. The summed E-state index contributed by atoms with van der Waals surface area (Å²) < 4.78 is 0. The van der Waals surface area contributed by atoms with Gasteiger partial charge in [0.2, 0.25) is 17.5 Å². The third-order valence-electron chi connectivity index (χ3n) is 2.49. The predicted octanol–water partition coefficient (Wildman–Crippen LogP) is 0.245. The van der Waals surface area contributed by atoms with E-state index in [-0.39, 0.29) is 36.2 Å². The van der Waals surface area contributed by atoms with E-state index in [1.807, 2.05) is 13.8 Å². The lowest BCUT2D eigenvalue weighted by Crippen LogP contribution is -2.28. The number of rotatable bonds is 8. The Morgan fingerprint density at radius 2 is 2.10 bits per heavy atom. The van der Waals surface area contributed by atoms with Crippen LogP contribution in [0.4, 0.5) is 17.3 Å². The molecule has 0 bridgehead atoms. The highest BCUT2D eigenvalue weighted by atomic mass is 16.6. The number of nitrogens with zero attached hydrogens (tertiary/aromatic N) is 3. The van der Waals surface area contributed by atoms with Crippen molar-refractivity contribution >= 4 is 23.2 Å². The van der Waals surface area contributed by atoms with E-state index in [1.54, 1.807) is 0 Å². The average Bonchev–Trinajstić information content (AvgIpc) is 2.44. The van der Waals surface area contributed by atoms with Gasteiger partial charge in [-0.25, -0.2) is 15.8 Å². The van der Waals surface area contributed by atoms with E-state index in [2.05, 4.69) is 26.0 Å². The van der Waals surface area contributed by atoms with Gasteiger partial charge in [-0.2, -0.15) is 0 Å². The second-order valence-electron chi connectivity index (χ2n) is 4.70. The summed E-state index contributed by atoms with van der Waals surface area (Å²) in [5, 5.41) is 16.5. The minimum Gasteiger partial charge on any atom is -0.364 e. The molecule has 10 nitrogen and oxygen atoms in total. The smallest absolute Gasteiger partial charge is 0.354 e. The van der Waals surface area contributed by atoms with Crippen molar-refractivity contribution in [2.75, 3.05) is 23.8 Å². The first kappa shape index (κ1) is 16.6. The summed E-state index contributed by atoms with van der Waals surface area (Å²) in [6, 6.07) is 0. The Hall–Kier alpha value is -2.49. The van der Waals surface area contributed by atoms with Gasteiger partial charge < -0.3 is 16.1 Å². The van der Waals surface area contributed by atoms with Gasteiger partial charge in [0.15, 0.2) is 0 Å². The Morgan fingerprint density at radius 1 is 1.43 bits per heavy atom. The Morgan fingerprint density at radius 3 is 2.67 bits per heavy atom. The molecule has 10 heteroatoms. The molecular weight excluding hydrogens is 278 g/mol. The third kappa shape index (κ3) is 5.18. The molecule has 1 rings (SSSR count). The van der Waals surface area contributed by atoms with E-state index in [9.17, 15) is 14.9 Å². The van der Waals surface area contributed by atoms with Crippen molar-refractivity contribution in [1.29, 1.82) is 0 Å². The maximum Gasteiger partial charge on any atom is 0.354 e. The van der Waals surface area contributed by atoms with Gasteiger partial charge in [0, 0.05) is 19.5 Å². The molecule has 0 spiro atoms. The molecule has 21 heavy (non-hydrogen) atoms. The summed E-state index contributed by atoms with van der Waals surface area (Å²) in [5.41, 5.74) is 1.78. The van der Waals surface area contributed by atoms with E-state index < -0.39 is 4.92 Å². The Kier molecular flexibility index (Phi) is 6.27. The van der Waals surface area contributed by atoms with Gasteiger partial charge in [-0.15, -0.1) is 0 Å². The standard InChI is InChI=1S/C11H19N7O3/c1-7(2)5-14-8(19)3-4-13-10-9(18(20)21)11(17-12)16-6-15-10/h6-7H,3-5,12H2,1-2H3,(H,14,19)(H2,13,15,16,17). The molecule has 0 aromatic carbocycles. The predicted molar refractivity (Wildman–Crippen MR) is 77.5 cm³/mol. The highest BCUT2D eigenvalue weighted by Crippen LogP contribution is 2.27. The molecule has 116 valence electrons. The van der Waals surface area contributed by atoms with E-state index in [0.717, 1.165) is 6.33 Å². The van der Waals surface area contributed by atoms with Crippen LogP contribution in [0.25, 0.3) is 0 Å². The van der Waals surface area contributed by atoms with E-state index in [1.165, 1.54) is 0 Å². The summed E-state index contributed by atoms with van der Waals surface area (Å²) in [4.78, 5) is 29.3. The molecule has 1 aromatic rings. The number of amides is 1. The fourth-order valence-electron chi connectivity index (χ4n) is 1.49. The maximum atomic E-state index is 11.5. The first-order valence-electron chi connectivity index (χ1n) is 6.42. The van der Waals surface area contributed by atoms with E-state index in [4.69, 9.17) is 5.84 Å². The lowest BCUT2D eigenvalue weighted by Gasteiger charge is -2.09. The molecule has 0 unspecified atom stereocenters. The molecule has 0 radical (unpaired) electrons. The molecule has 0 aliphatic heterocycles. The van der Waals surface area contributed by atoms with Crippen LogP contribution in [0.1, 0.15) is 20.3 Å². The molecule has 1 amide bonds. The number of aromatic nitrogens is 2. The summed E-state index contributed by atoms with van der Waals surface area (Å²) in [7, 11) is 0. The quantitative estimate of drug-likeness (QED) is 0.303. The van der Waals surface area contributed by atoms with Gasteiger partial charge in [0.25, 0.3) is 0 Å². The first-order chi connectivity index (χ1) is 9.95. The number of nitrogens with one attached hydrogen (secondary N) is 3. The van der Waals surface area contributed by atoms with Gasteiger partial charge >= 0.3 is 5.69 Å². The second-order valence-corrected chi connectivity index (χ2v) is 4.70. The minimum atomic E-state index is -0.642. The van der Waals surface area contributed by atoms with Gasteiger partial charge in [0.1, 0.15) is 6.33 Å². The molecule has 0 saturated carbocycles. The number of hydrogen-bond acceptors (Lipinski definition) is 8. The first-order valence-corrected chi connectivity index (χ1v) is 6.42. The van der Waals surface area contributed by atoms with Gasteiger partial charge in [-0.05, 0) is 5.92 Å². The van der Waals surface area contributed by atoms with E-state index in [0.29, 0.717) is 12.5 Å². The lowest BCUT2D eigenvalue weighted by molar-refractivity contribution is -0.383. The van der Waals surface area contributed by atoms with Crippen molar-refractivity contribution in [3.8, 4) is 0 Å². The van der Waals surface area contributed by atoms with Crippen molar-refractivity contribution in [3.05, 3.63) is 16.4 Å². The summed E-state index contributed by atoms with van der Waals surface area (Å²) >= 11 is 0. The van der Waals surface area contributed by atoms with Gasteiger partial charge in [0.05, 0.1) is 4.92 Å². The normalized spacial score (nSPS) is 10.3. The highest BCUT2D eigenvalue weighted by Gasteiger charge is 2.22. The zero-order valence-electron chi connectivity index (χ0n) is 11.9. The Bertz CT molecular complexity index is 507. The van der Waals surface area contributed by atoms with Gasteiger partial charge in [-0.3, -0.25) is 14.9 Å². The van der Waals surface area contributed by atoms with Crippen LogP contribution in [-0.2, 0) is 4.79 Å². The number of carbonyl (C=O) groups excluding carboxylic acids is 1. The number of nitrogen functional groups attached to an aromatic ring is 1. The number of hydrogen-bond donors (Lipinski definition) is 4. The van der Waals surface area contributed by atoms with Crippen LogP contribution in [0.3, 0.4) is 0 Å². The molecule has 1 aromatic heterocycles.